The molecule has 174 valence electrons. The Morgan fingerprint density at radius 1 is 1.09 bits per heavy atom. The molecule has 1 heterocycles. The van der Waals surface area contributed by atoms with Crippen LogP contribution >= 0.6 is 12.2 Å². The van der Waals surface area contributed by atoms with Crippen LogP contribution < -0.4 is 15.6 Å². The van der Waals surface area contributed by atoms with Crippen molar-refractivity contribution in [3.63, 3.8) is 0 Å². The van der Waals surface area contributed by atoms with Crippen molar-refractivity contribution in [2.24, 2.45) is 0 Å². The molecule has 1 aromatic heterocycles. The lowest BCUT2D eigenvalue weighted by atomic mass is 10.1. The fourth-order valence-electron chi connectivity index (χ4n) is 3.54. The minimum atomic E-state index is -4.56. The minimum absolute atomic E-state index is 0.0124. The SMILES string of the molecule is COc1ccccc1CNC(=O)c1ccc2c(=O)n(-c3cccc(C(F)(F)F)c3)c(=S)[nH]c2c1. The van der Waals surface area contributed by atoms with Gasteiger partial charge in [-0.2, -0.15) is 13.2 Å². The molecule has 0 atom stereocenters. The van der Waals surface area contributed by atoms with Gasteiger partial charge < -0.3 is 15.0 Å². The van der Waals surface area contributed by atoms with Gasteiger partial charge in [0.25, 0.3) is 11.5 Å². The number of methoxy groups -OCH3 is 1. The number of carbonyl (C=O) groups is 1. The maximum absolute atomic E-state index is 13.1. The number of hydrogen-bond acceptors (Lipinski definition) is 4. The fraction of sp³-hybridized carbons (Fsp3) is 0.125. The summed E-state index contributed by atoms with van der Waals surface area (Å²) in [6.45, 7) is 0.230. The van der Waals surface area contributed by atoms with Gasteiger partial charge in [-0.1, -0.05) is 24.3 Å². The van der Waals surface area contributed by atoms with Crippen LogP contribution in [0.2, 0.25) is 0 Å². The summed E-state index contributed by atoms with van der Waals surface area (Å²) in [5, 5.41) is 2.97. The molecule has 4 rings (SSSR count). The van der Waals surface area contributed by atoms with Crippen LogP contribution in [0.5, 0.6) is 5.75 Å². The number of carbonyl (C=O) groups excluding carboxylic acids is 1. The Balaban J connectivity index is 1.67. The monoisotopic (exact) mass is 485 g/mol. The first-order valence-electron chi connectivity index (χ1n) is 10.1. The second kappa shape index (κ2) is 9.14. The van der Waals surface area contributed by atoms with Crippen molar-refractivity contribution >= 4 is 29.0 Å². The second-order valence-electron chi connectivity index (χ2n) is 7.37. The van der Waals surface area contributed by atoms with E-state index in [9.17, 15) is 22.8 Å². The third kappa shape index (κ3) is 4.58. The Hall–Kier alpha value is -3.92. The molecule has 0 bridgehead atoms. The molecule has 0 radical (unpaired) electrons. The number of rotatable bonds is 5. The number of nitrogens with zero attached hydrogens (tertiary/aromatic N) is 1. The summed E-state index contributed by atoms with van der Waals surface area (Å²) < 4.78 is 45.5. The quantitative estimate of drug-likeness (QED) is 0.390. The van der Waals surface area contributed by atoms with E-state index in [0.717, 1.165) is 22.3 Å². The second-order valence-corrected chi connectivity index (χ2v) is 7.76. The number of para-hydroxylation sites is 1. The standard InChI is InChI=1S/C24H18F3N3O3S/c1-33-20-8-3-2-5-15(20)13-28-21(31)14-9-10-18-19(11-14)29-23(34)30(22(18)32)17-7-4-6-16(12-17)24(25,26)27/h2-12H,13H2,1H3,(H,28,31)(H,29,34). The molecular formula is C24H18F3N3O3S. The highest BCUT2D eigenvalue weighted by atomic mass is 32.1. The minimum Gasteiger partial charge on any atom is -0.496 e. The molecule has 0 aliphatic rings. The molecule has 6 nitrogen and oxygen atoms in total. The van der Waals surface area contributed by atoms with E-state index in [1.165, 1.54) is 30.3 Å². The maximum atomic E-state index is 13.1. The number of H-pyrrole nitrogens is 1. The Kier molecular flexibility index (Phi) is 6.25. The van der Waals surface area contributed by atoms with Gasteiger partial charge in [0.15, 0.2) is 4.77 Å². The number of hydrogen-bond donors (Lipinski definition) is 2. The van der Waals surface area contributed by atoms with Crippen molar-refractivity contribution in [2.75, 3.05) is 7.11 Å². The van der Waals surface area contributed by atoms with E-state index >= 15 is 0 Å². The van der Waals surface area contributed by atoms with Crippen LogP contribution in [0.25, 0.3) is 16.6 Å². The van der Waals surface area contributed by atoms with E-state index in [-0.39, 0.29) is 33.9 Å². The van der Waals surface area contributed by atoms with Gasteiger partial charge in [-0.25, -0.2) is 0 Å². The third-order valence-corrected chi connectivity index (χ3v) is 5.51. The fourth-order valence-corrected chi connectivity index (χ4v) is 3.84. The van der Waals surface area contributed by atoms with Crippen LogP contribution in [0, 0.1) is 4.77 Å². The van der Waals surface area contributed by atoms with Crippen molar-refractivity contribution in [2.45, 2.75) is 12.7 Å². The number of ether oxygens (including phenoxy) is 1. The lowest BCUT2D eigenvalue weighted by molar-refractivity contribution is -0.137. The maximum Gasteiger partial charge on any atom is 0.416 e. The van der Waals surface area contributed by atoms with E-state index < -0.39 is 17.3 Å². The highest BCUT2D eigenvalue weighted by molar-refractivity contribution is 7.71. The molecule has 1 amide bonds. The van der Waals surface area contributed by atoms with Crippen molar-refractivity contribution in [3.8, 4) is 11.4 Å². The van der Waals surface area contributed by atoms with Crippen LogP contribution in [0.4, 0.5) is 13.2 Å². The van der Waals surface area contributed by atoms with Gasteiger partial charge in [0.05, 0.1) is 29.3 Å². The summed E-state index contributed by atoms with van der Waals surface area (Å²) in [4.78, 5) is 28.6. The summed E-state index contributed by atoms with van der Waals surface area (Å²) in [7, 11) is 1.54. The van der Waals surface area contributed by atoms with Crippen LogP contribution in [-0.2, 0) is 12.7 Å². The van der Waals surface area contributed by atoms with Crippen LogP contribution in [-0.4, -0.2) is 22.6 Å². The van der Waals surface area contributed by atoms with Gasteiger partial charge >= 0.3 is 6.18 Å². The average molecular weight is 485 g/mol. The summed E-state index contributed by atoms with van der Waals surface area (Å²) in [6.07, 6.45) is -4.56. The number of fused-ring (bicyclic) bond motifs is 1. The third-order valence-electron chi connectivity index (χ3n) is 5.22. The highest BCUT2D eigenvalue weighted by Gasteiger charge is 2.30. The highest BCUT2D eigenvalue weighted by Crippen LogP contribution is 2.30. The molecule has 4 aromatic rings. The zero-order chi connectivity index (χ0) is 24.5. The van der Waals surface area contributed by atoms with E-state index in [1.807, 2.05) is 18.2 Å². The summed E-state index contributed by atoms with van der Waals surface area (Å²) in [5.41, 5.74) is -0.135. The summed E-state index contributed by atoms with van der Waals surface area (Å²) in [6, 6.07) is 16.0. The Labute approximate surface area is 196 Å². The lowest BCUT2D eigenvalue weighted by Crippen LogP contribution is -2.24. The largest absolute Gasteiger partial charge is 0.496 e. The lowest BCUT2D eigenvalue weighted by Gasteiger charge is -2.12. The zero-order valence-electron chi connectivity index (χ0n) is 17.8. The zero-order valence-corrected chi connectivity index (χ0v) is 18.6. The first-order valence-corrected chi connectivity index (χ1v) is 10.5. The van der Waals surface area contributed by atoms with Crippen molar-refractivity contribution < 1.29 is 22.7 Å². The molecule has 0 aliphatic heterocycles. The smallest absolute Gasteiger partial charge is 0.416 e. The van der Waals surface area contributed by atoms with Crippen molar-refractivity contribution in [3.05, 3.63) is 98.5 Å². The van der Waals surface area contributed by atoms with Crippen molar-refractivity contribution in [1.29, 1.82) is 0 Å². The topological polar surface area (TPSA) is 76.1 Å². The molecule has 0 fully saturated rings. The van der Waals surface area contributed by atoms with Gasteiger partial charge in [0.1, 0.15) is 5.75 Å². The predicted octanol–water partition coefficient (Wildman–Crippen LogP) is 5.01. The first-order chi connectivity index (χ1) is 16.2. The van der Waals surface area contributed by atoms with E-state index in [1.54, 1.807) is 13.2 Å². The number of aromatic amines is 1. The Bertz CT molecular complexity index is 1510. The van der Waals surface area contributed by atoms with Crippen molar-refractivity contribution in [1.82, 2.24) is 14.9 Å². The number of halogens is 3. The van der Waals surface area contributed by atoms with Crippen LogP contribution in [0.1, 0.15) is 21.5 Å². The molecule has 2 N–H and O–H groups in total. The van der Waals surface area contributed by atoms with Gasteiger partial charge in [-0.05, 0) is 54.7 Å². The number of amides is 1. The Morgan fingerprint density at radius 2 is 1.85 bits per heavy atom. The number of alkyl halides is 3. The molecule has 34 heavy (non-hydrogen) atoms. The van der Waals surface area contributed by atoms with Gasteiger partial charge in [-0.3, -0.25) is 14.2 Å². The Morgan fingerprint density at radius 3 is 2.59 bits per heavy atom. The number of aromatic nitrogens is 2. The normalized spacial score (nSPS) is 11.4. The molecule has 3 aromatic carbocycles. The average Bonchev–Trinajstić information content (AvgIpc) is 2.82. The molecule has 0 aliphatic carbocycles. The first kappa shape index (κ1) is 23.2. The molecule has 0 unspecified atom stereocenters. The summed E-state index contributed by atoms with van der Waals surface area (Å²) >= 11 is 5.25. The number of nitrogens with one attached hydrogen (secondary N) is 2. The van der Waals surface area contributed by atoms with Crippen LogP contribution in [0.15, 0.2) is 71.5 Å². The molecule has 0 spiro atoms. The molecule has 0 saturated carbocycles. The van der Waals surface area contributed by atoms with Gasteiger partial charge in [-0.15, -0.1) is 0 Å². The summed E-state index contributed by atoms with van der Waals surface area (Å²) in [5.74, 6) is 0.259. The van der Waals surface area contributed by atoms with E-state index in [0.29, 0.717) is 11.3 Å². The predicted molar refractivity (Wildman–Crippen MR) is 124 cm³/mol. The molecule has 10 heteroatoms. The van der Waals surface area contributed by atoms with Gasteiger partial charge in [0, 0.05) is 17.7 Å². The molecule has 0 saturated heterocycles. The number of benzene rings is 3. The van der Waals surface area contributed by atoms with Gasteiger partial charge in [0.2, 0.25) is 0 Å². The van der Waals surface area contributed by atoms with Crippen LogP contribution in [0.3, 0.4) is 0 Å². The van der Waals surface area contributed by atoms with E-state index in [4.69, 9.17) is 17.0 Å². The van der Waals surface area contributed by atoms with E-state index in [2.05, 4.69) is 10.3 Å². The molecular weight excluding hydrogens is 467 g/mol.